The van der Waals surface area contributed by atoms with Crippen molar-refractivity contribution in [3.63, 3.8) is 0 Å². The van der Waals surface area contributed by atoms with Gasteiger partial charge in [0.05, 0.1) is 16.8 Å². The van der Waals surface area contributed by atoms with E-state index >= 15 is 0 Å². The number of hydrogen-bond donors (Lipinski definition) is 0. The van der Waals surface area contributed by atoms with E-state index in [1.54, 1.807) is 23.4 Å². The van der Waals surface area contributed by atoms with Crippen molar-refractivity contribution < 1.29 is 9.18 Å². The van der Waals surface area contributed by atoms with Gasteiger partial charge in [0.25, 0.3) is 5.91 Å². The van der Waals surface area contributed by atoms with Crippen LogP contribution in [0, 0.1) is 5.82 Å². The molecular weight excluding hydrogens is 365 g/mol. The van der Waals surface area contributed by atoms with Crippen LogP contribution in [0.1, 0.15) is 22.8 Å². The molecule has 2 aromatic carbocycles. The topological polar surface area (TPSA) is 46.1 Å². The van der Waals surface area contributed by atoms with Crippen LogP contribution in [-0.2, 0) is 6.54 Å². The van der Waals surface area contributed by atoms with E-state index in [1.807, 2.05) is 55.5 Å². The Labute approximate surface area is 168 Å². The summed E-state index contributed by atoms with van der Waals surface area (Å²) in [4.78, 5) is 23.9. The van der Waals surface area contributed by atoms with Crippen LogP contribution in [0.4, 0.5) is 4.39 Å². The zero-order chi connectivity index (χ0) is 20.2. The number of carbonyl (C=O) groups is 1. The van der Waals surface area contributed by atoms with E-state index in [9.17, 15) is 9.18 Å². The minimum atomic E-state index is -0.305. The molecule has 5 heteroatoms. The Kier molecular flexibility index (Phi) is 5.29. The first kappa shape index (κ1) is 18.7. The summed E-state index contributed by atoms with van der Waals surface area (Å²) >= 11 is 0. The molecule has 0 aliphatic carbocycles. The van der Waals surface area contributed by atoms with Crippen molar-refractivity contribution >= 4 is 16.8 Å². The molecule has 4 nitrogen and oxygen atoms in total. The monoisotopic (exact) mass is 385 g/mol. The smallest absolute Gasteiger partial charge is 0.254 e. The van der Waals surface area contributed by atoms with Gasteiger partial charge in [-0.1, -0.05) is 30.3 Å². The maximum absolute atomic E-state index is 13.6. The summed E-state index contributed by atoms with van der Waals surface area (Å²) < 4.78 is 13.6. The van der Waals surface area contributed by atoms with Gasteiger partial charge in [-0.2, -0.15) is 0 Å². The summed E-state index contributed by atoms with van der Waals surface area (Å²) in [5, 5.41) is 0.799. The third kappa shape index (κ3) is 3.99. The van der Waals surface area contributed by atoms with Gasteiger partial charge in [0.15, 0.2) is 0 Å². The lowest BCUT2D eigenvalue weighted by Crippen LogP contribution is -2.30. The first-order valence-electron chi connectivity index (χ1n) is 9.49. The molecule has 2 aromatic heterocycles. The summed E-state index contributed by atoms with van der Waals surface area (Å²) in [7, 11) is 0. The largest absolute Gasteiger partial charge is 0.335 e. The Balaban J connectivity index is 1.77. The van der Waals surface area contributed by atoms with E-state index < -0.39 is 0 Å². The number of benzene rings is 2. The highest BCUT2D eigenvalue weighted by Crippen LogP contribution is 2.26. The summed E-state index contributed by atoms with van der Waals surface area (Å²) in [5.74, 6) is -0.411. The average molecular weight is 385 g/mol. The van der Waals surface area contributed by atoms with E-state index in [4.69, 9.17) is 4.98 Å². The molecule has 0 unspecified atom stereocenters. The number of rotatable bonds is 5. The third-order valence-corrected chi connectivity index (χ3v) is 4.85. The molecular formula is C24H20FN3O. The van der Waals surface area contributed by atoms with Gasteiger partial charge in [-0.05, 0) is 48.9 Å². The number of carbonyl (C=O) groups excluding carboxylic acids is 1. The fourth-order valence-corrected chi connectivity index (χ4v) is 3.38. The molecule has 0 radical (unpaired) electrons. The molecule has 0 aliphatic rings. The molecule has 0 saturated heterocycles. The third-order valence-electron chi connectivity index (χ3n) is 4.85. The maximum Gasteiger partial charge on any atom is 0.254 e. The quantitative estimate of drug-likeness (QED) is 0.480. The summed E-state index contributed by atoms with van der Waals surface area (Å²) in [6, 6.07) is 19.5. The van der Waals surface area contributed by atoms with Crippen molar-refractivity contribution in [2.75, 3.05) is 6.54 Å². The van der Waals surface area contributed by atoms with E-state index in [-0.39, 0.29) is 11.7 Å². The minimum absolute atomic E-state index is 0.106. The Bertz CT molecular complexity index is 1160. The Morgan fingerprint density at radius 2 is 1.79 bits per heavy atom. The first-order valence-corrected chi connectivity index (χ1v) is 9.49. The molecule has 4 aromatic rings. The van der Waals surface area contributed by atoms with Crippen molar-refractivity contribution in [1.29, 1.82) is 0 Å². The number of pyridine rings is 2. The predicted molar refractivity (Wildman–Crippen MR) is 112 cm³/mol. The summed E-state index contributed by atoms with van der Waals surface area (Å²) in [5.41, 5.74) is 3.71. The SMILES string of the molecule is CCN(Cc1cccc(F)c1)C(=O)c1cc(-c2ccncc2)nc2ccccc12. The molecule has 29 heavy (non-hydrogen) atoms. The maximum atomic E-state index is 13.6. The highest BCUT2D eigenvalue weighted by Gasteiger charge is 2.19. The zero-order valence-electron chi connectivity index (χ0n) is 16.0. The number of fused-ring (bicyclic) bond motifs is 1. The van der Waals surface area contributed by atoms with Crippen LogP contribution in [0.25, 0.3) is 22.2 Å². The van der Waals surface area contributed by atoms with Gasteiger partial charge >= 0.3 is 0 Å². The van der Waals surface area contributed by atoms with Crippen LogP contribution in [0.2, 0.25) is 0 Å². The molecule has 0 saturated carbocycles. The number of hydrogen-bond acceptors (Lipinski definition) is 3. The van der Waals surface area contributed by atoms with Gasteiger partial charge in [-0.3, -0.25) is 9.78 Å². The minimum Gasteiger partial charge on any atom is -0.335 e. The lowest BCUT2D eigenvalue weighted by atomic mass is 10.0. The van der Waals surface area contributed by atoms with Crippen LogP contribution in [-0.4, -0.2) is 27.3 Å². The van der Waals surface area contributed by atoms with Gasteiger partial charge in [0.2, 0.25) is 0 Å². The van der Waals surface area contributed by atoms with E-state index in [1.165, 1.54) is 12.1 Å². The Hall–Kier alpha value is -3.60. The first-order chi connectivity index (χ1) is 14.2. The summed E-state index contributed by atoms with van der Waals surface area (Å²) in [6.07, 6.45) is 3.41. The molecule has 144 valence electrons. The standard InChI is InChI=1S/C24H20FN3O/c1-2-28(16-17-6-5-7-19(25)14-17)24(29)21-15-23(18-10-12-26-13-11-18)27-22-9-4-3-8-20(21)22/h3-15H,2,16H2,1H3. The average Bonchev–Trinajstić information content (AvgIpc) is 2.77. The van der Waals surface area contributed by atoms with Crippen molar-refractivity contribution in [1.82, 2.24) is 14.9 Å². The second-order valence-electron chi connectivity index (χ2n) is 6.76. The van der Waals surface area contributed by atoms with Crippen LogP contribution >= 0.6 is 0 Å². The van der Waals surface area contributed by atoms with Crippen LogP contribution in [0.5, 0.6) is 0 Å². The number of nitrogens with zero attached hydrogens (tertiary/aromatic N) is 3. The van der Waals surface area contributed by atoms with Crippen molar-refractivity contribution in [3.8, 4) is 11.3 Å². The molecule has 2 heterocycles. The van der Waals surface area contributed by atoms with Crippen LogP contribution in [0.15, 0.2) is 79.1 Å². The van der Waals surface area contributed by atoms with Gasteiger partial charge in [0.1, 0.15) is 5.82 Å². The van der Waals surface area contributed by atoms with Gasteiger partial charge in [-0.25, -0.2) is 9.37 Å². The van der Waals surface area contributed by atoms with Crippen molar-refractivity contribution in [2.24, 2.45) is 0 Å². The number of aromatic nitrogens is 2. The number of para-hydroxylation sites is 1. The van der Waals surface area contributed by atoms with Gasteiger partial charge in [-0.15, -0.1) is 0 Å². The molecule has 4 rings (SSSR count). The number of amides is 1. The fraction of sp³-hybridized carbons (Fsp3) is 0.125. The van der Waals surface area contributed by atoms with Gasteiger partial charge in [0, 0.05) is 36.4 Å². The van der Waals surface area contributed by atoms with E-state index in [0.29, 0.717) is 18.7 Å². The molecule has 0 spiro atoms. The fourth-order valence-electron chi connectivity index (χ4n) is 3.38. The van der Waals surface area contributed by atoms with Gasteiger partial charge < -0.3 is 4.90 Å². The lowest BCUT2D eigenvalue weighted by Gasteiger charge is -2.22. The Morgan fingerprint density at radius 3 is 2.55 bits per heavy atom. The second-order valence-corrected chi connectivity index (χ2v) is 6.76. The lowest BCUT2D eigenvalue weighted by molar-refractivity contribution is 0.0754. The van der Waals surface area contributed by atoms with Crippen molar-refractivity contribution in [2.45, 2.75) is 13.5 Å². The zero-order valence-corrected chi connectivity index (χ0v) is 16.0. The second kappa shape index (κ2) is 8.19. The molecule has 1 amide bonds. The molecule has 0 aliphatic heterocycles. The van der Waals surface area contributed by atoms with Crippen LogP contribution < -0.4 is 0 Å². The van der Waals surface area contributed by atoms with E-state index in [0.717, 1.165) is 27.7 Å². The Morgan fingerprint density at radius 1 is 1.00 bits per heavy atom. The van der Waals surface area contributed by atoms with E-state index in [2.05, 4.69) is 4.98 Å². The van der Waals surface area contributed by atoms with Crippen molar-refractivity contribution in [3.05, 3.63) is 96.1 Å². The normalized spacial score (nSPS) is 10.8. The summed E-state index contributed by atoms with van der Waals surface area (Å²) in [6.45, 7) is 2.77. The molecule has 0 N–H and O–H groups in total. The molecule has 0 bridgehead atoms. The highest BCUT2D eigenvalue weighted by molar-refractivity contribution is 6.07. The van der Waals surface area contributed by atoms with Crippen LogP contribution in [0.3, 0.4) is 0 Å². The highest BCUT2D eigenvalue weighted by atomic mass is 19.1. The number of halogens is 1. The molecule has 0 fully saturated rings. The molecule has 0 atom stereocenters. The predicted octanol–water partition coefficient (Wildman–Crippen LogP) is 5.10.